The zero-order valence-corrected chi connectivity index (χ0v) is 21.6. The summed E-state index contributed by atoms with van der Waals surface area (Å²) in [7, 11) is 1.54. The summed E-state index contributed by atoms with van der Waals surface area (Å²) in [4.78, 5) is 29.2. The van der Waals surface area contributed by atoms with Gasteiger partial charge in [0.15, 0.2) is 0 Å². The lowest BCUT2D eigenvalue weighted by atomic mass is 10.0. The van der Waals surface area contributed by atoms with Crippen molar-refractivity contribution < 1.29 is 23.5 Å². The third-order valence-corrected chi connectivity index (χ3v) is 6.85. The minimum atomic E-state index is -1.25. The predicted molar refractivity (Wildman–Crippen MR) is 142 cm³/mol. The van der Waals surface area contributed by atoms with Gasteiger partial charge in [-0.05, 0) is 37.1 Å². The Bertz CT molecular complexity index is 1450. The normalized spacial score (nSPS) is 15.7. The highest BCUT2D eigenvalue weighted by molar-refractivity contribution is 5.89. The molecule has 0 spiro atoms. The number of nitrogens with zero attached hydrogens (tertiary/aromatic N) is 4. The Kier molecular flexibility index (Phi) is 8.12. The summed E-state index contributed by atoms with van der Waals surface area (Å²) in [6, 6.07) is 19.3. The summed E-state index contributed by atoms with van der Waals surface area (Å²) < 4.78 is 27.9. The molecule has 2 amide bonds. The molecule has 2 atom stereocenters. The van der Waals surface area contributed by atoms with Crippen molar-refractivity contribution in [3.8, 4) is 5.75 Å². The number of halogens is 1. The number of ether oxygens (including phenoxy) is 2. The number of nitrogens with one attached hydrogen (secondary N) is 1. The molecule has 1 saturated heterocycles. The minimum Gasteiger partial charge on any atom is -0.496 e. The highest BCUT2D eigenvalue weighted by atomic mass is 19.1. The van der Waals surface area contributed by atoms with Crippen LogP contribution in [0.3, 0.4) is 0 Å². The van der Waals surface area contributed by atoms with Crippen LogP contribution in [0.5, 0.6) is 5.75 Å². The third-order valence-electron chi connectivity index (χ3n) is 6.85. The highest BCUT2D eigenvalue weighted by Gasteiger charge is 2.35. The minimum absolute atomic E-state index is 0.00181. The molecule has 202 valence electrons. The van der Waals surface area contributed by atoms with Crippen molar-refractivity contribution in [3.63, 3.8) is 0 Å². The molecule has 3 aromatic carbocycles. The number of hydrogen-bond donors (Lipinski definition) is 1. The summed E-state index contributed by atoms with van der Waals surface area (Å²) in [5, 5.41) is 11.2. The van der Waals surface area contributed by atoms with Gasteiger partial charge in [-0.1, -0.05) is 53.7 Å². The summed E-state index contributed by atoms with van der Waals surface area (Å²) >= 11 is 0. The summed E-state index contributed by atoms with van der Waals surface area (Å²) in [5.41, 5.74) is 2.08. The highest BCUT2D eigenvalue weighted by Crippen LogP contribution is 2.29. The number of amides is 2. The van der Waals surface area contributed by atoms with Crippen molar-refractivity contribution in [1.29, 1.82) is 0 Å². The Morgan fingerprint density at radius 3 is 2.69 bits per heavy atom. The van der Waals surface area contributed by atoms with Gasteiger partial charge in [-0.25, -0.2) is 9.07 Å². The second kappa shape index (κ2) is 12.0. The fraction of sp³-hybridized carbons (Fsp3) is 0.310. The first-order valence-electron chi connectivity index (χ1n) is 12.9. The first-order valence-corrected chi connectivity index (χ1v) is 12.9. The molecule has 39 heavy (non-hydrogen) atoms. The molecule has 2 heterocycles. The molecular formula is C29H30FN5O4. The molecule has 1 aliphatic heterocycles. The van der Waals surface area contributed by atoms with Crippen LogP contribution >= 0.6 is 0 Å². The maximum absolute atomic E-state index is 15.2. The van der Waals surface area contributed by atoms with Gasteiger partial charge in [0, 0.05) is 24.3 Å². The van der Waals surface area contributed by atoms with Crippen molar-refractivity contribution >= 4 is 22.8 Å². The Hall–Kier alpha value is -4.31. The van der Waals surface area contributed by atoms with Crippen LogP contribution in [0.2, 0.25) is 0 Å². The number of hydrogen-bond acceptors (Lipinski definition) is 6. The number of methoxy groups -OCH3 is 1. The lowest BCUT2D eigenvalue weighted by molar-refractivity contribution is -0.142. The number of carbonyl (C=O) groups is 2. The number of para-hydroxylation sites is 2. The largest absolute Gasteiger partial charge is 0.496 e. The fourth-order valence-corrected chi connectivity index (χ4v) is 4.86. The number of carbonyl (C=O) groups excluding carboxylic acids is 2. The first-order chi connectivity index (χ1) is 19.0. The summed E-state index contributed by atoms with van der Waals surface area (Å²) in [5.74, 6) is -0.966. The standard InChI is InChI=1S/C29H30FN5O4/c1-38-26-15-7-2-9-20(26)18-34(27(36)19-35-25-14-6-5-13-24(25)32-33-35)28(22-11-3-4-12-23(22)30)29(37)31-17-21-10-8-16-39-21/h2-7,9,11-15,21,28H,8,10,16-19H2,1H3,(H,31,37)/t21-,28+/m1/s1. The van der Waals surface area contributed by atoms with E-state index in [9.17, 15) is 9.59 Å². The Labute approximate surface area is 225 Å². The van der Waals surface area contributed by atoms with Crippen molar-refractivity contribution in [2.75, 3.05) is 20.3 Å². The molecule has 9 nitrogen and oxygen atoms in total. The second-order valence-electron chi connectivity index (χ2n) is 9.37. The Morgan fingerprint density at radius 2 is 1.90 bits per heavy atom. The molecule has 1 N–H and O–H groups in total. The molecule has 0 unspecified atom stereocenters. The van der Waals surface area contributed by atoms with Crippen LogP contribution in [-0.2, 0) is 27.4 Å². The average molecular weight is 532 g/mol. The average Bonchev–Trinajstić information content (AvgIpc) is 3.63. The van der Waals surface area contributed by atoms with Gasteiger partial charge in [-0.3, -0.25) is 9.59 Å². The van der Waals surface area contributed by atoms with Crippen LogP contribution in [0.1, 0.15) is 30.0 Å². The zero-order valence-electron chi connectivity index (χ0n) is 21.6. The van der Waals surface area contributed by atoms with Gasteiger partial charge in [-0.2, -0.15) is 0 Å². The van der Waals surface area contributed by atoms with Gasteiger partial charge >= 0.3 is 0 Å². The smallest absolute Gasteiger partial charge is 0.247 e. The predicted octanol–water partition coefficient (Wildman–Crippen LogP) is 3.64. The van der Waals surface area contributed by atoms with E-state index in [1.165, 1.54) is 28.8 Å². The van der Waals surface area contributed by atoms with Gasteiger partial charge < -0.3 is 19.7 Å². The molecule has 0 saturated carbocycles. The molecule has 4 aromatic rings. The molecule has 1 aromatic heterocycles. The summed E-state index contributed by atoms with van der Waals surface area (Å²) in [6.07, 6.45) is 1.63. The van der Waals surface area contributed by atoms with Crippen molar-refractivity contribution in [2.45, 2.75) is 38.1 Å². The Morgan fingerprint density at radius 1 is 1.13 bits per heavy atom. The first kappa shape index (κ1) is 26.3. The molecule has 0 bridgehead atoms. The molecule has 1 fully saturated rings. The number of benzene rings is 3. The van der Waals surface area contributed by atoms with Crippen molar-refractivity contribution in [3.05, 3.63) is 89.7 Å². The van der Waals surface area contributed by atoms with Gasteiger partial charge in [0.1, 0.15) is 29.7 Å². The van der Waals surface area contributed by atoms with E-state index < -0.39 is 23.7 Å². The van der Waals surface area contributed by atoms with Gasteiger partial charge in [0.05, 0.1) is 25.3 Å². The van der Waals surface area contributed by atoms with E-state index >= 15 is 4.39 Å². The van der Waals surface area contributed by atoms with Gasteiger partial charge in [0.25, 0.3) is 0 Å². The van der Waals surface area contributed by atoms with E-state index in [2.05, 4.69) is 15.6 Å². The van der Waals surface area contributed by atoms with E-state index in [-0.39, 0.29) is 31.3 Å². The molecule has 0 radical (unpaired) electrons. The fourth-order valence-electron chi connectivity index (χ4n) is 4.86. The van der Waals surface area contributed by atoms with Crippen LogP contribution in [0.15, 0.2) is 72.8 Å². The second-order valence-corrected chi connectivity index (χ2v) is 9.37. The Balaban J connectivity index is 1.53. The molecular weight excluding hydrogens is 501 g/mol. The van der Waals surface area contributed by atoms with E-state index in [1.54, 1.807) is 24.3 Å². The SMILES string of the molecule is COc1ccccc1CN(C(=O)Cn1nnc2ccccc21)[C@H](C(=O)NC[C@H]1CCCO1)c1ccccc1F. The monoisotopic (exact) mass is 531 g/mol. The lowest BCUT2D eigenvalue weighted by Crippen LogP contribution is -2.46. The molecule has 5 rings (SSSR count). The number of rotatable bonds is 10. The van der Waals surface area contributed by atoms with Crippen molar-refractivity contribution in [1.82, 2.24) is 25.2 Å². The van der Waals surface area contributed by atoms with Crippen LogP contribution in [-0.4, -0.2) is 58.1 Å². The zero-order chi connectivity index (χ0) is 27.2. The topological polar surface area (TPSA) is 98.6 Å². The third kappa shape index (κ3) is 5.91. The maximum atomic E-state index is 15.2. The van der Waals surface area contributed by atoms with E-state index in [1.807, 2.05) is 36.4 Å². The quantitative estimate of drug-likeness (QED) is 0.336. The molecule has 10 heteroatoms. The molecule has 0 aliphatic carbocycles. The molecule has 1 aliphatic rings. The van der Waals surface area contributed by atoms with Gasteiger partial charge in [0.2, 0.25) is 11.8 Å². The number of fused-ring (bicyclic) bond motifs is 1. The van der Waals surface area contributed by atoms with E-state index in [0.717, 1.165) is 12.8 Å². The van der Waals surface area contributed by atoms with Crippen LogP contribution in [0.4, 0.5) is 4.39 Å². The van der Waals surface area contributed by atoms with Crippen LogP contribution < -0.4 is 10.1 Å². The maximum Gasteiger partial charge on any atom is 0.247 e. The van der Waals surface area contributed by atoms with Gasteiger partial charge in [-0.15, -0.1) is 5.10 Å². The van der Waals surface area contributed by atoms with E-state index in [0.29, 0.717) is 29.0 Å². The number of aromatic nitrogens is 3. The lowest BCUT2D eigenvalue weighted by Gasteiger charge is -2.32. The van der Waals surface area contributed by atoms with Crippen molar-refractivity contribution in [2.24, 2.45) is 0 Å². The summed E-state index contributed by atoms with van der Waals surface area (Å²) in [6.45, 7) is 0.719. The van der Waals surface area contributed by atoms with Crippen LogP contribution in [0, 0.1) is 5.82 Å². The van der Waals surface area contributed by atoms with Crippen LogP contribution in [0.25, 0.3) is 11.0 Å². The van der Waals surface area contributed by atoms with E-state index in [4.69, 9.17) is 9.47 Å².